The van der Waals surface area contributed by atoms with Crippen LogP contribution in [0.3, 0.4) is 0 Å². The number of rotatable bonds is 4. The van der Waals surface area contributed by atoms with Gasteiger partial charge in [0.05, 0.1) is 4.47 Å². The molecule has 1 aliphatic heterocycles. The highest BCUT2D eigenvalue weighted by Gasteiger charge is 2.28. The van der Waals surface area contributed by atoms with E-state index in [9.17, 15) is 0 Å². The molecule has 110 valence electrons. The molecule has 0 radical (unpaired) electrons. The highest BCUT2D eigenvalue weighted by Crippen LogP contribution is 2.34. The topological polar surface area (TPSA) is 34.1 Å². The molecule has 2 aromatic rings. The standard InChI is InChI=1S/C16H16Br2N2O/c17-13-8-14(18)16(20-10-13)21-15(12-6-7-19-9-12)11-4-2-1-3-5-11/h1-5,8,10,12,15,19H,6-7,9H2/t12-,15-/m0/s1. The van der Waals surface area contributed by atoms with Gasteiger partial charge in [-0.25, -0.2) is 4.98 Å². The molecule has 1 N–H and O–H groups in total. The Balaban J connectivity index is 1.88. The average Bonchev–Trinajstić information content (AvgIpc) is 3.01. The van der Waals surface area contributed by atoms with Gasteiger partial charge >= 0.3 is 0 Å². The molecular weight excluding hydrogens is 396 g/mol. The Morgan fingerprint density at radius 1 is 1.24 bits per heavy atom. The Bertz CT molecular complexity index is 600. The first kappa shape index (κ1) is 15.0. The van der Waals surface area contributed by atoms with Crippen molar-refractivity contribution in [2.45, 2.75) is 12.5 Å². The highest BCUT2D eigenvalue weighted by molar-refractivity contribution is 9.11. The fourth-order valence-electron chi connectivity index (χ4n) is 2.62. The molecule has 0 bridgehead atoms. The number of nitrogens with one attached hydrogen (secondary N) is 1. The zero-order chi connectivity index (χ0) is 14.7. The van der Waals surface area contributed by atoms with Crippen molar-refractivity contribution in [2.24, 2.45) is 5.92 Å². The maximum atomic E-state index is 6.25. The Morgan fingerprint density at radius 3 is 2.71 bits per heavy atom. The lowest BCUT2D eigenvalue weighted by Crippen LogP contribution is -2.21. The van der Waals surface area contributed by atoms with E-state index >= 15 is 0 Å². The molecule has 0 unspecified atom stereocenters. The summed E-state index contributed by atoms with van der Waals surface area (Å²) in [5, 5.41) is 3.41. The Labute approximate surface area is 141 Å². The van der Waals surface area contributed by atoms with Gasteiger partial charge < -0.3 is 10.1 Å². The van der Waals surface area contributed by atoms with Crippen LogP contribution in [0.5, 0.6) is 5.88 Å². The molecule has 1 aliphatic rings. The van der Waals surface area contributed by atoms with E-state index in [1.165, 1.54) is 5.56 Å². The molecule has 3 rings (SSSR count). The molecular formula is C16H16Br2N2O. The number of hydrogen-bond donors (Lipinski definition) is 1. The minimum Gasteiger partial charge on any atom is -0.468 e. The van der Waals surface area contributed by atoms with Crippen molar-refractivity contribution >= 4 is 31.9 Å². The molecule has 5 heteroatoms. The van der Waals surface area contributed by atoms with Crippen LogP contribution in [-0.4, -0.2) is 18.1 Å². The van der Waals surface area contributed by atoms with Crippen LogP contribution in [0.4, 0.5) is 0 Å². The van der Waals surface area contributed by atoms with Gasteiger partial charge in [-0.15, -0.1) is 0 Å². The van der Waals surface area contributed by atoms with E-state index in [4.69, 9.17) is 4.74 Å². The van der Waals surface area contributed by atoms with Crippen molar-refractivity contribution in [3.05, 3.63) is 57.1 Å². The molecule has 0 amide bonds. The van der Waals surface area contributed by atoms with Crippen molar-refractivity contribution in [1.29, 1.82) is 0 Å². The molecule has 1 aromatic heterocycles. The van der Waals surface area contributed by atoms with Gasteiger partial charge in [0, 0.05) is 23.1 Å². The number of nitrogens with zero attached hydrogens (tertiary/aromatic N) is 1. The van der Waals surface area contributed by atoms with Crippen LogP contribution in [0.2, 0.25) is 0 Å². The maximum absolute atomic E-state index is 6.25. The fraction of sp³-hybridized carbons (Fsp3) is 0.312. The highest BCUT2D eigenvalue weighted by atomic mass is 79.9. The Kier molecular flexibility index (Phi) is 4.93. The van der Waals surface area contributed by atoms with Crippen LogP contribution in [0.1, 0.15) is 18.1 Å². The number of halogens is 2. The summed E-state index contributed by atoms with van der Waals surface area (Å²) in [5.41, 5.74) is 1.20. The van der Waals surface area contributed by atoms with Crippen LogP contribution < -0.4 is 10.1 Å². The summed E-state index contributed by atoms with van der Waals surface area (Å²) in [6.07, 6.45) is 2.90. The Morgan fingerprint density at radius 2 is 2.05 bits per heavy atom. The first-order valence-corrected chi connectivity index (χ1v) is 8.56. The van der Waals surface area contributed by atoms with E-state index in [2.05, 4.69) is 66.4 Å². The van der Waals surface area contributed by atoms with Gasteiger partial charge in [-0.2, -0.15) is 0 Å². The van der Waals surface area contributed by atoms with Gasteiger partial charge in [-0.3, -0.25) is 0 Å². The minimum absolute atomic E-state index is 0.0196. The van der Waals surface area contributed by atoms with Crippen molar-refractivity contribution in [3.63, 3.8) is 0 Å². The molecule has 2 heterocycles. The molecule has 3 nitrogen and oxygen atoms in total. The monoisotopic (exact) mass is 410 g/mol. The molecule has 1 aromatic carbocycles. The number of benzene rings is 1. The largest absolute Gasteiger partial charge is 0.468 e. The summed E-state index contributed by atoms with van der Waals surface area (Å²) in [7, 11) is 0. The van der Waals surface area contributed by atoms with Crippen LogP contribution in [-0.2, 0) is 0 Å². The lowest BCUT2D eigenvalue weighted by atomic mass is 9.95. The average molecular weight is 412 g/mol. The van der Waals surface area contributed by atoms with E-state index < -0.39 is 0 Å². The number of ether oxygens (including phenoxy) is 1. The SMILES string of the molecule is Brc1cnc(O[C@@H](c2ccccc2)[C@H]2CCNC2)c(Br)c1. The predicted octanol–water partition coefficient (Wildman–Crippen LogP) is 4.34. The molecule has 1 saturated heterocycles. The Hall–Kier alpha value is -0.910. The maximum Gasteiger partial charge on any atom is 0.228 e. The quantitative estimate of drug-likeness (QED) is 0.812. The van der Waals surface area contributed by atoms with Gasteiger partial charge in [0.2, 0.25) is 5.88 Å². The third kappa shape index (κ3) is 3.65. The van der Waals surface area contributed by atoms with Crippen LogP contribution >= 0.6 is 31.9 Å². The third-order valence-electron chi connectivity index (χ3n) is 3.67. The molecule has 0 saturated carbocycles. The number of hydrogen-bond acceptors (Lipinski definition) is 3. The van der Waals surface area contributed by atoms with E-state index in [0.29, 0.717) is 11.8 Å². The van der Waals surface area contributed by atoms with Crippen LogP contribution in [0.15, 0.2) is 51.5 Å². The first-order chi connectivity index (χ1) is 10.2. The molecule has 0 aliphatic carbocycles. The molecule has 0 spiro atoms. The first-order valence-electron chi connectivity index (χ1n) is 6.97. The van der Waals surface area contributed by atoms with Gasteiger partial charge in [0.25, 0.3) is 0 Å². The summed E-state index contributed by atoms with van der Waals surface area (Å²) < 4.78 is 8.05. The van der Waals surface area contributed by atoms with Gasteiger partial charge in [0.15, 0.2) is 0 Å². The smallest absolute Gasteiger partial charge is 0.228 e. The third-order valence-corrected chi connectivity index (χ3v) is 4.67. The van der Waals surface area contributed by atoms with Crippen molar-refractivity contribution in [3.8, 4) is 5.88 Å². The molecule has 1 fully saturated rings. The fourth-order valence-corrected chi connectivity index (χ4v) is 3.70. The summed E-state index contributed by atoms with van der Waals surface area (Å²) in [6, 6.07) is 12.3. The lowest BCUT2D eigenvalue weighted by molar-refractivity contribution is 0.137. The van der Waals surface area contributed by atoms with Gasteiger partial charge in [-0.1, -0.05) is 30.3 Å². The predicted molar refractivity (Wildman–Crippen MR) is 90.4 cm³/mol. The summed E-state index contributed by atoms with van der Waals surface area (Å²) in [6.45, 7) is 2.03. The molecule has 2 atom stereocenters. The number of aromatic nitrogens is 1. The minimum atomic E-state index is 0.0196. The van der Waals surface area contributed by atoms with E-state index in [1.54, 1.807) is 6.20 Å². The second-order valence-corrected chi connectivity index (χ2v) is 6.91. The second-order valence-electron chi connectivity index (χ2n) is 5.14. The zero-order valence-corrected chi connectivity index (χ0v) is 14.6. The van der Waals surface area contributed by atoms with Crippen molar-refractivity contribution in [1.82, 2.24) is 10.3 Å². The zero-order valence-electron chi connectivity index (χ0n) is 11.4. The summed E-state index contributed by atoms with van der Waals surface area (Å²) in [4.78, 5) is 4.38. The normalized spacial score (nSPS) is 19.4. The van der Waals surface area contributed by atoms with Crippen LogP contribution in [0.25, 0.3) is 0 Å². The molecule has 21 heavy (non-hydrogen) atoms. The summed E-state index contributed by atoms with van der Waals surface area (Å²) in [5.74, 6) is 1.10. The lowest BCUT2D eigenvalue weighted by Gasteiger charge is -2.24. The second kappa shape index (κ2) is 6.90. The van der Waals surface area contributed by atoms with E-state index in [0.717, 1.165) is 28.5 Å². The van der Waals surface area contributed by atoms with Gasteiger partial charge in [0.1, 0.15) is 6.10 Å². The van der Waals surface area contributed by atoms with Gasteiger partial charge in [-0.05, 0) is 56.5 Å². The van der Waals surface area contributed by atoms with Crippen molar-refractivity contribution < 1.29 is 4.74 Å². The summed E-state index contributed by atoms with van der Waals surface area (Å²) >= 11 is 6.94. The van der Waals surface area contributed by atoms with E-state index in [-0.39, 0.29) is 6.10 Å². The van der Waals surface area contributed by atoms with E-state index in [1.807, 2.05) is 12.1 Å². The number of pyridine rings is 1. The van der Waals surface area contributed by atoms with Crippen LogP contribution in [0, 0.1) is 5.92 Å². The van der Waals surface area contributed by atoms with Crippen molar-refractivity contribution in [2.75, 3.05) is 13.1 Å².